The van der Waals surface area contributed by atoms with Crippen LogP contribution in [0.1, 0.15) is 36.9 Å². The third kappa shape index (κ3) is 6.96. The molecule has 6 rings (SSSR count). The molecule has 4 heterocycles. The van der Waals surface area contributed by atoms with Crippen molar-refractivity contribution >= 4 is 45.8 Å². The lowest BCUT2D eigenvalue weighted by Gasteiger charge is -2.42. The van der Waals surface area contributed by atoms with Gasteiger partial charge >= 0.3 is 12.0 Å². The summed E-state index contributed by atoms with van der Waals surface area (Å²) in [7, 11) is 0. The van der Waals surface area contributed by atoms with Crippen LogP contribution in [-0.4, -0.2) is 94.7 Å². The average Bonchev–Trinajstić information content (AvgIpc) is 3.52. The molecular weight excluding hydrogens is 625 g/mol. The summed E-state index contributed by atoms with van der Waals surface area (Å²) in [5, 5.41) is 21.4. The highest BCUT2D eigenvalue weighted by atomic mass is 35.5. The van der Waals surface area contributed by atoms with Gasteiger partial charge in [0, 0.05) is 55.4 Å². The first-order valence-corrected chi connectivity index (χ1v) is 16.3. The van der Waals surface area contributed by atoms with Crippen molar-refractivity contribution < 1.29 is 23.8 Å². The van der Waals surface area contributed by atoms with E-state index in [0.717, 1.165) is 47.1 Å². The second-order valence-electron chi connectivity index (χ2n) is 12.2. The Morgan fingerprint density at radius 2 is 1.91 bits per heavy atom. The molecule has 0 spiro atoms. The van der Waals surface area contributed by atoms with Crippen LogP contribution in [0.25, 0.3) is 10.8 Å². The van der Waals surface area contributed by atoms with E-state index in [4.69, 9.17) is 26.3 Å². The Bertz CT molecular complexity index is 1730. The minimum absolute atomic E-state index is 0.0373. The molecule has 2 saturated heterocycles. The van der Waals surface area contributed by atoms with Crippen LogP contribution in [-0.2, 0) is 22.6 Å². The summed E-state index contributed by atoms with van der Waals surface area (Å²) in [6.07, 6.45) is 2.59. The van der Waals surface area contributed by atoms with Gasteiger partial charge in [0.2, 0.25) is 0 Å². The van der Waals surface area contributed by atoms with Crippen molar-refractivity contribution in [3.05, 3.63) is 65.1 Å². The lowest BCUT2D eigenvalue weighted by Crippen LogP contribution is -2.55. The van der Waals surface area contributed by atoms with Gasteiger partial charge in [0.1, 0.15) is 12.4 Å². The number of aliphatic carboxylic acids is 1. The second kappa shape index (κ2) is 14.1. The Labute approximate surface area is 277 Å². The number of carboxylic acid groups (broad SMARTS) is 1. The Morgan fingerprint density at radius 1 is 1.11 bits per heavy atom. The number of nitrogens with zero attached hydrogens (tertiary/aromatic N) is 7. The lowest BCUT2D eigenvalue weighted by atomic mass is 10.0. The van der Waals surface area contributed by atoms with Crippen LogP contribution in [0.2, 0.25) is 5.02 Å². The molecule has 2 unspecified atom stereocenters. The first kappa shape index (κ1) is 32.5. The van der Waals surface area contributed by atoms with Crippen molar-refractivity contribution in [1.29, 1.82) is 5.26 Å². The van der Waals surface area contributed by atoms with Crippen molar-refractivity contribution in [3.8, 4) is 12.1 Å². The van der Waals surface area contributed by atoms with E-state index in [1.807, 2.05) is 35.2 Å². The number of carbonyl (C=O) groups excluding carboxylic acids is 1. The topological polar surface area (TPSA) is 126 Å². The van der Waals surface area contributed by atoms with E-state index >= 15 is 0 Å². The van der Waals surface area contributed by atoms with Gasteiger partial charge in [0.25, 0.3) is 5.91 Å². The minimum Gasteiger partial charge on any atom is -0.481 e. The molecule has 1 N–H and O–H groups in total. The van der Waals surface area contributed by atoms with Crippen LogP contribution >= 0.6 is 11.6 Å². The quantitative estimate of drug-likeness (QED) is 0.309. The molecule has 0 bridgehead atoms. The van der Waals surface area contributed by atoms with Crippen molar-refractivity contribution in [2.24, 2.45) is 0 Å². The molecule has 3 aromatic rings. The number of aromatic nitrogens is 2. The van der Waals surface area contributed by atoms with Crippen LogP contribution in [0.5, 0.6) is 6.01 Å². The Hall–Kier alpha value is -4.47. The van der Waals surface area contributed by atoms with E-state index in [1.54, 1.807) is 0 Å². The third-order valence-electron chi connectivity index (χ3n) is 9.31. The molecule has 3 aliphatic rings. The van der Waals surface area contributed by atoms with Gasteiger partial charge in [0.05, 0.1) is 42.2 Å². The molecule has 3 aliphatic heterocycles. The molecule has 246 valence electrons. The van der Waals surface area contributed by atoms with Crippen LogP contribution in [0, 0.1) is 11.3 Å². The molecule has 13 heteroatoms. The zero-order chi connectivity index (χ0) is 33.1. The highest BCUT2D eigenvalue weighted by molar-refractivity contribution is 6.36. The molecule has 1 amide bonds. The van der Waals surface area contributed by atoms with Gasteiger partial charge in [-0.25, -0.2) is 4.39 Å². The van der Waals surface area contributed by atoms with E-state index in [-0.39, 0.29) is 31.4 Å². The van der Waals surface area contributed by atoms with E-state index in [0.29, 0.717) is 56.6 Å². The molecule has 1 aromatic heterocycles. The lowest BCUT2D eigenvalue weighted by molar-refractivity contribution is -0.137. The van der Waals surface area contributed by atoms with Crippen molar-refractivity contribution in [2.75, 3.05) is 55.7 Å². The third-order valence-corrected chi connectivity index (χ3v) is 9.63. The second-order valence-corrected chi connectivity index (χ2v) is 12.6. The van der Waals surface area contributed by atoms with E-state index in [2.05, 4.69) is 28.5 Å². The molecule has 2 aromatic carbocycles. The molecule has 0 saturated carbocycles. The summed E-state index contributed by atoms with van der Waals surface area (Å²) < 4.78 is 20.1. The Balaban J connectivity index is 1.31. The number of ether oxygens (including phenoxy) is 1. The number of hydrogen-bond donors (Lipinski definition) is 1. The van der Waals surface area contributed by atoms with Gasteiger partial charge in [-0.2, -0.15) is 15.2 Å². The predicted octanol–water partition coefficient (Wildman–Crippen LogP) is 4.58. The molecule has 11 nitrogen and oxygen atoms in total. The molecule has 47 heavy (non-hydrogen) atoms. The molecule has 0 aliphatic carbocycles. The van der Waals surface area contributed by atoms with Crippen LogP contribution in [0.3, 0.4) is 0 Å². The van der Waals surface area contributed by atoms with Gasteiger partial charge in [0.15, 0.2) is 5.83 Å². The summed E-state index contributed by atoms with van der Waals surface area (Å²) in [4.78, 5) is 41.3. The predicted molar refractivity (Wildman–Crippen MR) is 176 cm³/mol. The zero-order valence-electron chi connectivity index (χ0n) is 26.1. The maximum Gasteiger partial charge on any atom is 0.318 e. The maximum absolute atomic E-state index is 13.9. The van der Waals surface area contributed by atoms with E-state index < -0.39 is 23.7 Å². The van der Waals surface area contributed by atoms with E-state index in [1.165, 1.54) is 4.90 Å². The van der Waals surface area contributed by atoms with Gasteiger partial charge < -0.3 is 24.5 Å². The van der Waals surface area contributed by atoms with Crippen LogP contribution < -0.4 is 14.5 Å². The molecule has 2 atom stereocenters. The SMILES string of the molecule is C=C(F)C(=O)N1CCN(c2nc(OCC3CCCN3CCC(=O)O)nc3c2CCN(c2cccc4cccc(Cl)c24)C3)CC1CC#N. The normalized spacial score (nSPS) is 19.8. The maximum atomic E-state index is 13.9. The minimum atomic E-state index is -1.05. The Morgan fingerprint density at radius 3 is 2.68 bits per heavy atom. The summed E-state index contributed by atoms with van der Waals surface area (Å²) >= 11 is 6.69. The summed E-state index contributed by atoms with van der Waals surface area (Å²) in [6.45, 7) is 6.83. The molecule has 0 radical (unpaired) electrons. The average molecular weight is 662 g/mol. The number of rotatable bonds is 10. The number of nitriles is 1. The number of piperazine rings is 1. The van der Waals surface area contributed by atoms with Gasteiger partial charge in [-0.15, -0.1) is 0 Å². The highest BCUT2D eigenvalue weighted by Gasteiger charge is 2.35. The van der Waals surface area contributed by atoms with Crippen LogP contribution in [0.4, 0.5) is 15.9 Å². The molecule has 2 fully saturated rings. The number of amides is 1. The number of benzene rings is 2. The first-order chi connectivity index (χ1) is 22.7. The number of carbonyl (C=O) groups is 2. The van der Waals surface area contributed by atoms with Gasteiger partial charge in [-0.3, -0.25) is 14.5 Å². The summed E-state index contributed by atoms with van der Waals surface area (Å²) in [5.41, 5.74) is 2.78. The van der Waals surface area contributed by atoms with Crippen molar-refractivity contribution in [3.63, 3.8) is 0 Å². The monoisotopic (exact) mass is 661 g/mol. The fourth-order valence-corrected chi connectivity index (χ4v) is 7.28. The summed E-state index contributed by atoms with van der Waals surface area (Å²) in [5.74, 6) is -1.99. The number of hydrogen-bond acceptors (Lipinski definition) is 9. The number of fused-ring (bicyclic) bond motifs is 2. The van der Waals surface area contributed by atoms with Crippen molar-refractivity contribution in [2.45, 2.75) is 50.7 Å². The van der Waals surface area contributed by atoms with Crippen LogP contribution in [0.15, 0.2) is 48.8 Å². The zero-order valence-corrected chi connectivity index (χ0v) is 26.8. The number of halogens is 2. The fourth-order valence-electron chi connectivity index (χ4n) is 7.00. The largest absolute Gasteiger partial charge is 0.481 e. The number of likely N-dealkylation sites (tertiary alicyclic amines) is 1. The van der Waals surface area contributed by atoms with Gasteiger partial charge in [-0.1, -0.05) is 42.4 Å². The van der Waals surface area contributed by atoms with Crippen molar-refractivity contribution in [1.82, 2.24) is 19.8 Å². The fraction of sp³-hybridized carbons (Fsp3) is 0.441. The number of anilines is 2. The smallest absolute Gasteiger partial charge is 0.318 e. The number of carboxylic acids is 1. The molecular formula is C34H37ClFN7O4. The van der Waals surface area contributed by atoms with Gasteiger partial charge in [-0.05, 0) is 43.3 Å². The first-order valence-electron chi connectivity index (χ1n) is 15.9. The summed E-state index contributed by atoms with van der Waals surface area (Å²) in [6, 6.07) is 13.8. The van der Waals surface area contributed by atoms with E-state index in [9.17, 15) is 24.3 Å². The standard InChI is InChI=1S/C34H37ClFN7O4/c1-22(36)33(46)43-18-17-42(19-24(43)10-13-37)32-26-11-15-41(29-9-3-6-23-5-2-8-27(35)31(23)29)20-28(26)38-34(39-32)47-21-25-7-4-14-40(25)16-12-30(44)45/h2-3,5-6,8-9,24-25H,1,4,7,10-12,14-21H2,(H,44,45). The highest BCUT2D eigenvalue weighted by Crippen LogP contribution is 2.37. The Kier molecular flexibility index (Phi) is 9.75.